The van der Waals surface area contributed by atoms with Crippen molar-refractivity contribution >= 4 is 39.0 Å². The number of alkyl halides is 3. The Morgan fingerprint density at radius 3 is 2.58 bits per heavy atom. The Hall–Kier alpha value is -4.19. The number of carboxylic acid groups (broad SMARTS) is 1. The number of hydrogen-bond donors (Lipinski definition) is 1. The number of aliphatic carboxylic acids is 1. The first kappa shape index (κ1) is 26.9. The third-order valence-electron chi connectivity index (χ3n) is 5.42. The molecule has 196 valence electrons. The highest BCUT2D eigenvalue weighted by Gasteiger charge is 2.31. The molecule has 38 heavy (non-hydrogen) atoms. The molecule has 0 saturated heterocycles. The maximum Gasteiger partial charge on any atom is 0.416 e. The minimum absolute atomic E-state index is 0.0463. The van der Waals surface area contributed by atoms with Gasteiger partial charge in [-0.1, -0.05) is 24.3 Å². The zero-order chi connectivity index (χ0) is 27.6. The van der Waals surface area contributed by atoms with Gasteiger partial charge in [-0.2, -0.15) is 22.9 Å². The zero-order valence-electron chi connectivity index (χ0n) is 19.9. The molecule has 8 nitrogen and oxygen atoms in total. The highest BCUT2D eigenvalue weighted by atomic mass is 79.9. The first-order chi connectivity index (χ1) is 18.0. The van der Waals surface area contributed by atoms with Crippen molar-refractivity contribution in [2.75, 3.05) is 7.11 Å². The van der Waals surface area contributed by atoms with Crippen LogP contribution < -0.4 is 15.0 Å². The van der Waals surface area contributed by atoms with E-state index in [1.165, 1.54) is 38.4 Å². The molecule has 1 N–H and O–H groups in total. The molecule has 0 saturated carbocycles. The predicted molar refractivity (Wildman–Crippen MR) is 138 cm³/mol. The summed E-state index contributed by atoms with van der Waals surface area (Å²) in [6.07, 6.45) is -4.45. The number of carboxylic acids is 1. The molecule has 0 bridgehead atoms. The van der Waals surface area contributed by atoms with E-state index in [1.54, 1.807) is 30.3 Å². The van der Waals surface area contributed by atoms with Crippen molar-refractivity contribution in [3.63, 3.8) is 0 Å². The van der Waals surface area contributed by atoms with Crippen LogP contribution in [0.15, 0.2) is 75.0 Å². The van der Waals surface area contributed by atoms with E-state index >= 15 is 0 Å². The second kappa shape index (κ2) is 10.7. The minimum Gasteiger partial charge on any atom is -0.493 e. The number of rotatable bonds is 7. The molecule has 4 rings (SSSR count). The zero-order valence-corrected chi connectivity index (χ0v) is 21.4. The van der Waals surface area contributed by atoms with Crippen LogP contribution in [0.1, 0.15) is 18.1 Å². The summed E-state index contributed by atoms with van der Waals surface area (Å²) in [7, 11) is 1.37. The van der Waals surface area contributed by atoms with E-state index in [4.69, 9.17) is 14.6 Å². The third-order valence-corrected chi connectivity index (χ3v) is 6.01. The fourth-order valence-electron chi connectivity index (χ4n) is 3.53. The molecule has 1 heterocycles. The molecular formula is C26H19BrF3N3O5. The standard InChI is InChI=1S/C26H19BrF3N3O5/c1-14(25(35)36)38-22-19(27)10-15(11-21(22)37-2)13-31-33-23(16-6-5-7-17(12-16)26(28,29)30)32-20-9-4-3-8-18(20)24(33)34/h3-14H,1-2H3,(H,35,36)/t14-/m1/s1. The third kappa shape index (κ3) is 5.54. The number of aromatic nitrogens is 2. The molecule has 0 fully saturated rings. The summed E-state index contributed by atoms with van der Waals surface area (Å²) in [4.78, 5) is 28.9. The lowest BCUT2D eigenvalue weighted by atomic mass is 10.1. The number of benzene rings is 3. The molecule has 0 aliphatic heterocycles. The highest BCUT2D eigenvalue weighted by Crippen LogP contribution is 2.37. The number of carbonyl (C=O) groups is 1. The summed E-state index contributed by atoms with van der Waals surface area (Å²) in [5.74, 6) is -0.919. The summed E-state index contributed by atoms with van der Waals surface area (Å²) in [6, 6.07) is 14.0. The molecule has 0 unspecified atom stereocenters. The van der Waals surface area contributed by atoms with Crippen LogP contribution in [0.3, 0.4) is 0 Å². The van der Waals surface area contributed by atoms with Gasteiger partial charge in [0.15, 0.2) is 23.4 Å². The van der Waals surface area contributed by atoms with E-state index in [9.17, 15) is 22.8 Å². The average Bonchev–Trinajstić information content (AvgIpc) is 2.88. The molecular weight excluding hydrogens is 571 g/mol. The van der Waals surface area contributed by atoms with Crippen molar-refractivity contribution in [1.82, 2.24) is 9.66 Å². The SMILES string of the molecule is COc1cc(C=Nn2c(-c3cccc(C(F)(F)F)c3)nc3ccccc3c2=O)cc(Br)c1O[C@H](C)C(=O)O. The maximum absolute atomic E-state index is 13.4. The molecule has 1 atom stereocenters. The molecule has 1 aromatic heterocycles. The van der Waals surface area contributed by atoms with Gasteiger partial charge < -0.3 is 14.6 Å². The van der Waals surface area contributed by atoms with Gasteiger partial charge in [-0.3, -0.25) is 4.79 Å². The van der Waals surface area contributed by atoms with Crippen molar-refractivity contribution in [1.29, 1.82) is 0 Å². The van der Waals surface area contributed by atoms with Gasteiger partial charge in [0.25, 0.3) is 5.56 Å². The monoisotopic (exact) mass is 589 g/mol. The number of ether oxygens (including phenoxy) is 2. The van der Waals surface area contributed by atoms with E-state index in [0.29, 0.717) is 15.6 Å². The molecule has 0 aliphatic carbocycles. The van der Waals surface area contributed by atoms with Crippen LogP contribution in [0.25, 0.3) is 22.3 Å². The van der Waals surface area contributed by atoms with Crippen LogP contribution in [0.4, 0.5) is 13.2 Å². The Labute approximate surface area is 222 Å². The van der Waals surface area contributed by atoms with Crippen LogP contribution in [0.2, 0.25) is 0 Å². The lowest BCUT2D eigenvalue weighted by Crippen LogP contribution is -2.23. The largest absolute Gasteiger partial charge is 0.493 e. The maximum atomic E-state index is 13.4. The summed E-state index contributed by atoms with van der Waals surface area (Å²) in [5, 5.41) is 13.6. The van der Waals surface area contributed by atoms with Gasteiger partial charge in [0.05, 0.1) is 34.3 Å². The lowest BCUT2D eigenvalue weighted by molar-refractivity contribution is -0.144. The van der Waals surface area contributed by atoms with Crippen molar-refractivity contribution in [3.05, 3.63) is 86.6 Å². The van der Waals surface area contributed by atoms with Gasteiger partial charge in [0.2, 0.25) is 0 Å². The number of halogens is 4. The Balaban J connectivity index is 1.85. The molecule has 4 aromatic rings. The Morgan fingerprint density at radius 2 is 1.89 bits per heavy atom. The van der Waals surface area contributed by atoms with Gasteiger partial charge in [0.1, 0.15) is 0 Å². The van der Waals surface area contributed by atoms with Gasteiger partial charge in [-0.25, -0.2) is 9.78 Å². The number of fused-ring (bicyclic) bond motifs is 1. The summed E-state index contributed by atoms with van der Waals surface area (Å²) in [6.45, 7) is 1.36. The van der Waals surface area contributed by atoms with Crippen LogP contribution in [-0.4, -0.2) is 40.2 Å². The molecule has 0 spiro atoms. The molecule has 0 radical (unpaired) electrons. The Morgan fingerprint density at radius 1 is 1.16 bits per heavy atom. The van der Waals surface area contributed by atoms with Crippen LogP contribution >= 0.6 is 15.9 Å². The van der Waals surface area contributed by atoms with E-state index < -0.39 is 29.4 Å². The minimum atomic E-state index is -4.59. The average molecular weight is 590 g/mol. The normalized spacial score (nSPS) is 12.6. The summed E-state index contributed by atoms with van der Waals surface area (Å²) >= 11 is 3.32. The molecule has 3 aromatic carbocycles. The van der Waals surface area contributed by atoms with Crippen LogP contribution in [0, 0.1) is 0 Å². The van der Waals surface area contributed by atoms with Crippen LogP contribution in [0.5, 0.6) is 11.5 Å². The van der Waals surface area contributed by atoms with E-state index in [-0.39, 0.29) is 28.3 Å². The van der Waals surface area contributed by atoms with Gasteiger partial charge in [-0.05, 0) is 64.8 Å². The lowest BCUT2D eigenvalue weighted by Gasteiger charge is -2.16. The fourth-order valence-corrected chi connectivity index (χ4v) is 4.09. The summed E-state index contributed by atoms with van der Waals surface area (Å²) < 4.78 is 52.2. The van der Waals surface area contributed by atoms with Crippen molar-refractivity contribution < 1.29 is 32.5 Å². The van der Waals surface area contributed by atoms with E-state index in [0.717, 1.165) is 16.8 Å². The highest BCUT2D eigenvalue weighted by molar-refractivity contribution is 9.10. The Kier molecular flexibility index (Phi) is 7.53. The fraction of sp³-hybridized carbons (Fsp3) is 0.154. The van der Waals surface area contributed by atoms with E-state index in [1.807, 2.05) is 0 Å². The first-order valence-electron chi connectivity index (χ1n) is 11.0. The quantitative estimate of drug-likeness (QED) is 0.282. The van der Waals surface area contributed by atoms with Crippen molar-refractivity contribution in [2.24, 2.45) is 5.10 Å². The molecule has 12 heteroatoms. The smallest absolute Gasteiger partial charge is 0.416 e. The first-order valence-corrected chi connectivity index (χ1v) is 11.8. The van der Waals surface area contributed by atoms with Crippen molar-refractivity contribution in [3.8, 4) is 22.9 Å². The Bertz CT molecular complexity index is 1620. The molecule has 0 aliphatic rings. The van der Waals surface area contributed by atoms with Gasteiger partial charge in [-0.15, -0.1) is 0 Å². The van der Waals surface area contributed by atoms with E-state index in [2.05, 4.69) is 26.0 Å². The second-order valence-electron chi connectivity index (χ2n) is 8.03. The topological polar surface area (TPSA) is 103 Å². The van der Waals surface area contributed by atoms with Gasteiger partial charge >= 0.3 is 12.1 Å². The second-order valence-corrected chi connectivity index (χ2v) is 8.88. The van der Waals surface area contributed by atoms with Crippen molar-refractivity contribution in [2.45, 2.75) is 19.2 Å². The number of hydrogen-bond acceptors (Lipinski definition) is 6. The number of methoxy groups -OCH3 is 1. The number of nitrogens with zero attached hydrogens (tertiary/aromatic N) is 3. The summed E-state index contributed by atoms with van der Waals surface area (Å²) in [5.41, 5.74) is -0.716. The predicted octanol–water partition coefficient (Wildman–Crippen LogP) is 5.59. The van der Waals surface area contributed by atoms with Crippen LogP contribution in [-0.2, 0) is 11.0 Å². The molecule has 0 amide bonds. The van der Waals surface area contributed by atoms with Gasteiger partial charge in [0, 0.05) is 5.56 Å². The number of para-hydroxylation sites is 1.